The van der Waals surface area contributed by atoms with Crippen molar-refractivity contribution >= 4 is 21.8 Å². The van der Waals surface area contributed by atoms with Crippen LogP contribution in [-0.2, 0) is 4.79 Å². The molecule has 0 heterocycles. The number of halogens is 1. The van der Waals surface area contributed by atoms with E-state index < -0.39 is 0 Å². The maximum Gasteiger partial charge on any atom is 0.220 e. The van der Waals surface area contributed by atoms with Gasteiger partial charge in [0.25, 0.3) is 0 Å². The molecule has 0 aliphatic heterocycles. The summed E-state index contributed by atoms with van der Waals surface area (Å²) in [7, 11) is 0. The molecule has 0 fully saturated rings. The summed E-state index contributed by atoms with van der Waals surface area (Å²) in [5, 5.41) is 3.07. The highest BCUT2D eigenvalue weighted by Gasteiger charge is 2.21. The van der Waals surface area contributed by atoms with Gasteiger partial charge >= 0.3 is 0 Å². The van der Waals surface area contributed by atoms with Gasteiger partial charge in [-0.05, 0) is 24.1 Å². The summed E-state index contributed by atoms with van der Waals surface area (Å²) in [6, 6.07) is 0. The highest BCUT2D eigenvalue weighted by molar-refractivity contribution is 9.12. The predicted octanol–water partition coefficient (Wildman–Crippen LogP) is 5.10. The van der Waals surface area contributed by atoms with Crippen LogP contribution in [-0.4, -0.2) is 12.5 Å². The Morgan fingerprint density at radius 3 is 2.59 bits per heavy atom. The molecular weight excluding hydrogens is 338 g/mol. The van der Waals surface area contributed by atoms with Crippen molar-refractivity contribution in [2.45, 2.75) is 64.7 Å². The summed E-state index contributed by atoms with van der Waals surface area (Å²) in [5.74, 6) is 3.21. The van der Waals surface area contributed by atoms with Gasteiger partial charge in [0.05, 0.1) is 0 Å². The minimum absolute atomic E-state index is 0.0857. The van der Waals surface area contributed by atoms with Crippen LogP contribution in [0.15, 0.2) is 24.3 Å². The molecule has 0 saturated heterocycles. The minimum Gasteiger partial charge on any atom is -0.355 e. The van der Waals surface area contributed by atoms with Crippen molar-refractivity contribution in [2.75, 3.05) is 6.54 Å². The lowest BCUT2D eigenvalue weighted by Gasteiger charge is -2.26. The standard InChI is InChI=1S/C19H28BrNO/c1-19(14-10-8-11-15-19)17-21-18(22)13-9-6-4-2-3-5-7-12-16-20/h8,10-11,14H,2-7,9,13,15,17H2,1H3,(H,21,22). The summed E-state index contributed by atoms with van der Waals surface area (Å²) in [6.07, 6.45) is 18.2. The number of unbranched alkanes of at least 4 members (excludes halogenated alkanes) is 6. The quantitative estimate of drug-likeness (QED) is 0.423. The maximum atomic E-state index is 11.9. The van der Waals surface area contributed by atoms with Crippen LogP contribution in [0.5, 0.6) is 0 Å². The predicted molar refractivity (Wildman–Crippen MR) is 97.7 cm³/mol. The summed E-state index contributed by atoms with van der Waals surface area (Å²) in [6.45, 7) is 2.93. The summed E-state index contributed by atoms with van der Waals surface area (Å²) in [5.41, 5.74) is 0.0857. The number of carbonyl (C=O) groups excluding carboxylic acids is 1. The Balaban J connectivity index is 1.96. The van der Waals surface area contributed by atoms with E-state index in [2.05, 4.69) is 63.2 Å². The van der Waals surface area contributed by atoms with Crippen LogP contribution in [0.3, 0.4) is 0 Å². The number of allylic oxidation sites excluding steroid dienone is 3. The van der Waals surface area contributed by atoms with E-state index in [4.69, 9.17) is 0 Å². The molecule has 1 amide bonds. The lowest BCUT2D eigenvalue weighted by Crippen LogP contribution is -2.34. The molecule has 1 aliphatic carbocycles. The largest absolute Gasteiger partial charge is 0.355 e. The molecule has 0 radical (unpaired) electrons. The SMILES string of the molecule is CC1(CNC(=O)CCCCCCCCC#CBr)C=CC=CC1. The molecule has 0 saturated carbocycles. The molecule has 0 aromatic rings. The van der Waals surface area contributed by atoms with E-state index in [0.717, 1.165) is 32.2 Å². The lowest BCUT2D eigenvalue weighted by atomic mass is 9.84. The molecule has 0 bridgehead atoms. The second kappa shape index (κ2) is 11.5. The van der Waals surface area contributed by atoms with Crippen LogP contribution in [0.4, 0.5) is 0 Å². The Labute approximate surface area is 144 Å². The summed E-state index contributed by atoms with van der Waals surface area (Å²) in [4.78, 5) is 14.6. The van der Waals surface area contributed by atoms with Gasteiger partial charge in [-0.3, -0.25) is 4.79 Å². The average molecular weight is 366 g/mol. The monoisotopic (exact) mass is 365 g/mol. The highest BCUT2D eigenvalue weighted by atomic mass is 79.9. The third-order valence-corrected chi connectivity index (χ3v) is 4.32. The normalized spacial score (nSPS) is 19.5. The van der Waals surface area contributed by atoms with Gasteiger partial charge in [0.15, 0.2) is 0 Å². The summed E-state index contributed by atoms with van der Waals surface area (Å²) >= 11 is 3.10. The van der Waals surface area contributed by atoms with Crippen molar-refractivity contribution < 1.29 is 4.79 Å². The van der Waals surface area contributed by atoms with Crippen molar-refractivity contribution in [2.24, 2.45) is 5.41 Å². The zero-order valence-electron chi connectivity index (χ0n) is 13.7. The molecule has 1 aliphatic rings. The van der Waals surface area contributed by atoms with E-state index in [1.54, 1.807) is 0 Å². The zero-order chi connectivity index (χ0) is 16.1. The van der Waals surface area contributed by atoms with Crippen LogP contribution in [0.1, 0.15) is 64.7 Å². The van der Waals surface area contributed by atoms with E-state index in [9.17, 15) is 4.79 Å². The Morgan fingerprint density at radius 2 is 1.91 bits per heavy atom. The third-order valence-electron chi connectivity index (χ3n) is 4.04. The molecule has 1 rings (SSSR count). The van der Waals surface area contributed by atoms with Crippen molar-refractivity contribution in [3.63, 3.8) is 0 Å². The average Bonchev–Trinajstić information content (AvgIpc) is 2.52. The van der Waals surface area contributed by atoms with Gasteiger partial charge in [0.1, 0.15) is 0 Å². The molecule has 122 valence electrons. The molecule has 1 N–H and O–H groups in total. The van der Waals surface area contributed by atoms with Crippen LogP contribution in [0.25, 0.3) is 0 Å². The Kier molecular flexibility index (Phi) is 9.99. The third kappa shape index (κ3) is 9.10. The van der Waals surface area contributed by atoms with Crippen LogP contribution in [0.2, 0.25) is 0 Å². The molecule has 0 aromatic heterocycles. The highest BCUT2D eigenvalue weighted by Crippen LogP contribution is 2.25. The first kappa shape index (κ1) is 19.0. The van der Waals surface area contributed by atoms with Crippen LogP contribution < -0.4 is 5.32 Å². The van der Waals surface area contributed by atoms with E-state index in [1.807, 2.05) is 0 Å². The van der Waals surface area contributed by atoms with Gasteiger partial charge < -0.3 is 5.32 Å². The number of hydrogen-bond donors (Lipinski definition) is 1. The molecule has 1 atom stereocenters. The fraction of sp³-hybridized carbons (Fsp3) is 0.632. The minimum atomic E-state index is 0.0857. The van der Waals surface area contributed by atoms with Gasteiger partial charge in [-0.15, -0.1) is 0 Å². The molecule has 3 heteroatoms. The van der Waals surface area contributed by atoms with Crippen LogP contribution >= 0.6 is 15.9 Å². The topological polar surface area (TPSA) is 29.1 Å². The lowest BCUT2D eigenvalue weighted by molar-refractivity contribution is -0.121. The second-order valence-corrected chi connectivity index (χ2v) is 6.71. The molecule has 0 spiro atoms. The Morgan fingerprint density at radius 1 is 1.18 bits per heavy atom. The molecule has 2 nitrogen and oxygen atoms in total. The van der Waals surface area contributed by atoms with Gasteiger partial charge in [0.2, 0.25) is 5.91 Å². The van der Waals surface area contributed by atoms with Gasteiger partial charge in [-0.25, -0.2) is 0 Å². The molecule has 0 aromatic carbocycles. The van der Waals surface area contributed by atoms with Crippen molar-refractivity contribution in [1.82, 2.24) is 5.32 Å². The number of rotatable bonds is 10. The van der Waals surface area contributed by atoms with Crippen LogP contribution in [0, 0.1) is 16.2 Å². The Bertz CT molecular complexity index is 444. The second-order valence-electron chi connectivity index (χ2n) is 6.31. The zero-order valence-corrected chi connectivity index (χ0v) is 15.3. The number of nitrogens with one attached hydrogen (secondary N) is 1. The van der Waals surface area contributed by atoms with Crippen molar-refractivity contribution in [1.29, 1.82) is 0 Å². The fourth-order valence-corrected chi connectivity index (χ4v) is 2.74. The smallest absolute Gasteiger partial charge is 0.220 e. The van der Waals surface area contributed by atoms with Gasteiger partial charge in [-0.2, -0.15) is 0 Å². The molecule has 22 heavy (non-hydrogen) atoms. The van der Waals surface area contributed by atoms with Crippen molar-refractivity contribution in [3.8, 4) is 10.8 Å². The summed E-state index contributed by atoms with van der Waals surface area (Å²) < 4.78 is 0. The number of carbonyl (C=O) groups is 1. The fourth-order valence-electron chi connectivity index (χ4n) is 2.55. The van der Waals surface area contributed by atoms with Gasteiger partial charge in [-0.1, -0.05) is 62.8 Å². The molecule has 1 unspecified atom stereocenters. The first-order valence-corrected chi connectivity index (χ1v) is 9.15. The van der Waals surface area contributed by atoms with E-state index in [1.165, 1.54) is 25.7 Å². The van der Waals surface area contributed by atoms with Gasteiger partial charge in [0, 0.05) is 40.7 Å². The maximum absolute atomic E-state index is 11.9. The van der Waals surface area contributed by atoms with E-state index >= 15 is 0 Å². The first-order chi connectivity index (χ1) is 10.7. The number of amides is 1. The Hall–Kier alpha value is -1.01. The number of hydrogen-bond acceptors (Lipinski definition) is 1. The van der Waals surface area contributed by atoms with Crippen molar-refractivity contribution in [3.05, 3.63) is 24.3 Å². The van der Waals surface area contributed by atoms with E-state index in [0.29, 0.717) is 6.42 Å². The van der Waals surface area contributed by atoms with E-state index in [-0.39, 0.29) is 11.3 Å². The molecular formula is C19H28BrNO. The first-order valence-electron chi connectivity index (χ1n) is 8.36.